The van der Waals surface area contributed by atoms with Crippen LogP contribution in [-0.2, 0) is 0 Å². The lowest BCUT2D eigenvalue weighted by Gasteiger charge is -2.29. The van der Waals surface area contributed by atoms with E-state index >= 15 is 0 Å². The molecule has 10 heteroatoms. The number of fused-ring (bicyclic) bond motifs is 2. The number of carbonyl (C=O) groups excluding carboxylic acids is 1. The van der Waals surface area contributed by atoms with E-state index in [9.17, 15) is 4.79 Å². The third kappa shape index (κ3) is 3.52. The Hall–Kier alpha value is -3.17. The number of aromatic nitrogens is 5. The summed E-state index contributed by atoms with van der Waals surface area (Å²) in [5, 5.41) is 10.0. The quantitative estimate of drug-likeness (QED) is 0.426. The highest BCUT2D eigenvalue weighted by molar-refractivity contribution is 6.38. The molecule has 0 atom stereocenters. The summed E-state index contributed by atoms with van der Waals surface area (Å²) in [5.74, 6) is 0.301. The van der Waals surface area contributed by atoms with E-state index in [1.807, 2.05) is 16.8 Å². The van der Waals surface area contributed by atoms with Crippen LogP contribution >= 0.6 is 11.6 Å². The fourth-order valence-corrected chi connectivity index (χ4v) is 4.93. The van der Waals surface area contributed by atoms with Crippen LogP contribution in [0.5, 0.6) is 0 Å². The summed E-state index contributed by atoms with van der Waals surface area (Å²) in [5.41, 5.74) is 9.67. The average Bonchev–Trinajstić information content (AvgIpc) is 3.45. The number of nitrogens with one attached hydrogen (secondary N) is 2. The largest absolute Gasteiger partial charge is 0.383 e. The molecule has 3 aromatic heterocycles. The van der Waals surface area contributed by atoms with E-state index in [1.54, 1.807) is 6.07 Å². The van der Waals surface area contributed by atoms with Crippen molar-refractivity contribution in [3.8, 4) is 11.4 Å². The molecule has 4 N–H and O–H groups in total. The van der Waals surface area contributed by atoms with Gasteiger partial charge in [0.25, 0.3) is 5.91 Å². The van der Waals surface area contributed by atoms with E-state index in [0.29, 0.717) is 44.9 Å². The van der Waals surface area contributed by atoms with Crippen LogP contribution in [0.3, 0.4) is 0 Å². The lowest BCUT2D eigenvalue weighted by Crippen LogP contribution is -2.31. The highest BCUT2D eigenvalue weighted by atomic mass is 35.5. The summed E-state index contributed by atoms with van der Waals surface area (Å²) in [6.07, 6.45) is 5.53. The maximum atomic E-state index is 12.5. The number of aromatic amines is 1. The molecule has 33 heavy (non-hydrogen) atoms. The number of nitrogen functional groups attached to an aromatic ring is 1. The number of nitrogens with two attached hydrogens (primary N) is 1. The number of carbonyl (C=O) groups is 1. The predicted molar refractivity (Wildman–Crippen MR) is 128 cm³/mol. The molecule has 4 heterocycles. The van der Waals surface area contributed by atoms with Crippen LogP contribution in [-0.4, -0.2) is 61.7 Å². The fourth-order valence-electron chi connectivity index (χ4n) is 4.63. The highest BCUT2D eigenvalue weighted by Gasteiger charge is 2.27. The van der Waals surface area contributed by atoms with Crippen molar-refractivity contribution < 1.29 is 4.79 Å². The number of nitrogens with zero attached hydrogens (tertiary/aromatic N) is 5. The Balaban J connectivity index is 1.46. The molecule has 1 amide bonds. The molecule has 1 aromatic carbocycles. The zero-order valence-electron chi connectivity index (χ0n) is 18.3. The van der Waals surface area contributed by atoms with Crippen LogP contribution in [0.25, 0.3) is 33.3 Å². The standard InChI is InChI=1S/C23H25ClN8O/c1-31-8-6-14(7-9-31)32-22-17(21(25)26-11-27-22)19(30-32)20-18(24)15-5-2-12(10-16(15)29-20)23(33)28-13-3-4-13/h2,5,10-11,13-14,29H,3-4,6-9H2,1H3,(H,28,33)(H2,25,26,27). The Morgan fingerprint density at radius 2 is 2.00 bits per heavy atom. The van der Waals surface area contributed by atoms with Gasteiger partial charge in [-0.25, -0.2) is 14.6 Å². The van der Waals surface area contributed by atoms with Crippen LogP contribution in [0.1, 0.15) is 42.1 Å². The van der Waals surface area contributed by atoms with Gasteiger partial charge >= 0.3 is 0 Å². The molecule has 0 spiro atoms. The van der Waals surface area contributed by atoms with Crippen LogP contribution < -0.4 is 11.1 Å². The van der Waals surface area contributed by atoms with E-state index < -0.39 is 0 Å². The topological polar surface area (TPSA) is 118 Å². The van der Waals surface area contributed by atoms with E-state index in [1.165, 1.54) is 6.33 Å². The Kier molecular flexibility index (Phi) is 4.77. The molecule has 0 bridgehead atoms. The first kappa shape index (κ1) is 20.4. The van der Waals surface area contributed by atoms with Crippen molar-refractivity contribution in [2.75, 3.05) is 25.9 Å². The van der Waals surface area contributed by atoms with Gasteiger partial charge in [0.05, 0.1) is 22.1 Å². The second kappa shape index (κ2) is 7.71. The van der Waals surface area contributed by atoms with Gasteiger partial charge in [-0.05, 0) is 58.0 Å². The Bertz CT molecular complexity index is 1380. The number of benzene rings is 1. The molecule has 1 saturated carbocycles. The van der Waals surface area contributed by atoms with Gasteiger partial charge in [-0.15, -0.1) is 0 Å². The third-order valence-corrected chi connectivity index (χ3v) is 7.09. The average molecular weight is 465 g/mol. The van der Waals surface area contributed by atoms with Gasteiger partial charge < -0.3 is 20.9 Å². The maximum Gasteiger partial charge on any atom is 0.251 e. The molecule has 2 aliphatic rings. The molecular weight excluding hydrogens is 440 g/mol. The van der Waals surface area contributed by atoms with Gasteiger partial charge in [0.15, 0.2) is 5.65 Å². The van der Waals surface area contributed by atoms with Gasteiger partial charge in [-0.2, -0.15) is 5.10 Å². The summed E-state index contributed by atoms with van der Waals surface area (Å²) in [4.78, 5) is 26.9. The summed E-state index contributed by atoms with van der Waals surface area (Å²) in [7, 11) is 2.13. The lowest BCUT2D eigenvalue weighted by atomic mass is 10.1. The molecule has 2 fully saturated rings. The van der Waals surface area contributed by atoms with Gasteiger partial charge in [-0.1, -0.05) is 17.7 Å². The van der Waals surface area contributed by atoms with Crippen LogP contribution in [0.4, 0.5) is 5.82 Å². The number of anilines is 1. The molecule has 1 aliphatic carbocycles. The third-order valence-electron chi connectivity index (χ3n) is 6.70. The van der Waals surface area contributed by atoms with Crippen molar-refractivity contribution in [2.45, 2.75) is 37.8 Å². The molecular formula is C23H25ClN8O. The van der Waals surface area contributed by atoms with Crippen molar-refractivity contribution in [1.82, 2.24) is 34.9 Å². The lowest BCUT2D eigenvalue weighted by molar-refractivity contribution is 0.0951. The van der Waals surface area contributed by atoms with Crippen molar-refractivity contribution >= 4 is 45.3 Å². The number of H-pyrrole nitrogens is 1. The Labute approximate surface area is 195 Å². The SMILES string of the molecule is CN1CCC(n2nc(-c3[nH]c4cc(C(=O)NC5CC5)ccc4c3Cl)c3c(N)ncnc32)CC1. The maximum absolute atomic E-state index is 12.5. The summed E-state index contributed by atoms with van der Waals surface area (Å²) >= 11 is 6.82. The number of rotatable bonds is 4. The van der Waals surface area contributed by atoms with Gasteiger partial charge in [-0.3, -0.25) is 4.79 Å². The second-order valence-electron chi connectivity index (χ2n) is 9.11. The van der Waals surface area contributed by atoms with Crippen molar-refractivity contribution in [1.29, 1.82) is 0 Å². The van der Waals surface area contributed by atoms with E-state index in [4.69, 9.17) is 22.4 Å². The number of likely N-dealkylation sites (tertiary alicyclic amines) is 1. The number of hydrogen-bond donors (Lipinski definition) is 3. The van der Waals surface area contributed by atoms with Gasteiger partial charge in [0.2, 0.25) is 0 Å². The summed E-state index contributed by atoms with van der Waals surface area (Å²) in [6, 6.07) is 6.03. The summed E-state index contributed by atoms with van der Waals surface area (Å²) < 4.78 is 1.98. The normalized spacial score (nSPS) is 17.8. The molecule has 9 nitrogen and oxygen atoms in total. The molecule has 1 aliphatic heterocycles. The molecule has 6 rings (SSSR count). The molecule has 0 radical (unpaired) electrons. The molecule has 170 valence electrons. The number of piperidine rings is 1. The molecule has 0 unspecified atom stereocenters. The van der Waals surface area contributed by atoms with Crippen molar-refractivity contribution in [2.24, 2.45) is 0 Å². The van der Waals surface area contributed by atoms with E-state index in [2.05, 4.69) is 32.2 Å². The predicted octanol–water partition coefficient (Wildman–Crippen LogP) is 3.37. The first-order valence-corrected chi connectivity index (χ1v) is 11.7. The Morgan fingerprint density at radius 3 is 2.76 bits per heavy atom. The van der Waals surface area contributed by atoms with E-state index in [0.717, 1.165) is 49.7 Å². The van der Waals surface area contributed by atoms with Gasteiger partial charge in [0.1, 0.15) is 17.8 Å². The minimum Gasteiger partial charge on any atom is -0.383 e. The van der Waals surface area contributed by atoms with Crippen LogP contribution in [0.15, 0.2) is 24.5 Å². The second-order valence-corrected chi connectivity index (χ2v) is 9.49. The minimum absolute atomic E-state index is 0.0682. The van der Waals surface area contributed by atoms with Crippen molar-refractivity contribution in [3.05, 3.63) is 35.1 Å². The first-order chi connectivity index (χ1) is 16.0. The zero-order chi connectivity index (χ0) is 22.7. The smallest absolute Gasteiger partial charge is 0.251 e. The van der Waals surface area contributed by atoms with Crippen molar-refractivity contribution in [3.63, 3.8) is 0 Å². The fraction of sp³-hybridized carbons (Fsp3) is 0.391. The minimum atomic E-state index is -0.0682. The number of hydrogen-bond acceptors (Lipinski definition) is 6. The number of halogens is 1. The Morgan fingerprint density at radius 1 is 1.21 bits per heavy atom. The highest BCUT2D eigenvalue weighted by Crippen LogP contribution is 2.39. The zero-order valence-corrected chi connectivity index (χ0v) is 19.1. The van der Waals surface area contributed by atoms with Crippen LogP contribution in [0.2, 0.25) is 5.02 Å². The number of amides is 1. The molecule has 1 saturated heterocycles. The van der Waals surface area contributed by atoms with Crippen LogP contribution in [0, 0.1) is 0 Å². The monoisotopic (exact) mass is 464 g/mol. The van der Waals surface area contributed by atoms with E-state index in [-0.39, 0.29) is 11.9 Å². The summed E-state index contributed by atoms with van der Waals surface area (Å²) in [6.45, 7) is 2.00. The first-order valence-electron chi connectivity index (χ1n) is 11.3. The van der Waals surface area contributed by atoms with Gasteiger partial charge in [0, 0.05) is 22.5 Å². The molecule has 4 aromatic rings.